The van der Waals surface area contributed by atoms with E-state index >= 15 is 0 Å². The highest BCUT2D eigenvalue weighted by atomic mass is 19.4. The predicted molar refractivity (Wildman–Crippen MR) is 151 cm³/mol. The summed E-state index contributed by atoms with van der Waals surface area (Å²) in [4.78, 5) is 33.7. The molecule has 2 aliphatic rings. The second-order valence-corrected chi connectivity index (χ2v) is 11.8. The van der Waals surface area contributed by atoms with Crippen LogP contribution < -0.4 is 16.4 Å². The largest absolute Gasteiger partial charge is 0.444 e. The first-order valence-electron chi connectivity index (χ1n) is 14.0. The van der Waals surface area contributed by atoms with Crippen LogP contribution in [-0.4, -0.2) is 64.6 Å². The molecule has 224 valence electrons. The molecule has 0 spiro atoms. The van der Waals surface area contributed by atoms with Crippen LogP contribution in [0, 0.1) is 5.92 Å². The van der Waals surface area contributed by atoms with Crippen LogP contribution in [-0.2, 0) is 22.3 Å². The summed E-state index contributed by atoms with van der Waals surface area (Å²) < 4.78 is 44.0. The zero-order valence-corrected chi connectivity index (χ0v) is 23.8. The average molecular weight is 577 g/mol. The monoisotopic (exact) mass is 576 g/mol. The topological polar surface area (TPSA) is 113 Å². The second kappa shape index (κ2) is 12.5. The van der Waals surface area contributed by atoms with Gasteiger partial charge < -0.3 is 20.7 Å². The van der Waals surface area contributed by atoms with E-state index in [9.17, 15) is 22.8 Å². The molecule has 0 aliphatic carbocycles. The number of piperidine rings is 2. The van der Waals surface area contributed by atoms with Gasteiger partial charge in [0.25, 0.3) is 0 Å². The van der Waals surface area contributed by atoms with Crippen molar-refractivity contribution in [1.29, 1.82) is 0 Å². The Bertz CT molecular complexity index is 1220. The predicted octanol–water partition coefficient (Wildman–Crippen LogP) is 5.34. The number of anilines is 3. The Labute approximate surface area is 238 Å². The number of nitrogens with two attached hydrogens (primary N) is 1. The van der Waals surface area contributed by atoms with Crippen LogP contribution in [0.1, 0.15) is 57.6 Å². The van der Waals surface area contributed by atoms with Crippen molar-refractivity contribution in [3.05, 3.63) is 47.7 Å². The van der Waals surface area contributed by atoms with Crippen LogP contribution in [0.5, 0.6) is 0 Å². The van der Waals surface area contributed by atoms with Gasteiger partial charge in [0.05, 0.1) is 16.9 Å². The summed E-state index contributed by atoms with van der Waals surface area (Å²) in [5.41, 5.74) is 6.05. The molecule has 2 aliphatic heterocycles. The molecule has 2 fully saturated rings. The number of aromatic nitrogens is 1. The Kier molecular flexibility index (Phi) is 9.31. The number of nitrogens with zero attached hydrogens (tertiary/aromatic N) is 3. The molecule has 2 aromatic rings. The molecule has 4 rings (SSSR count). The van der Waals surface area contributed by atoms with E-state index in [1.54, 1.807) is 27.0 Å². The molecule has 4 N–H and O–H groups in total. The zero-order chi connectivity index (χ0) is 29.8. The van der Waals surface area contributed by atoms with Gasteiger partial charge in [-0.05, 0) is 95.4 Å². The number of alkyl halides is 3. The quantitative estimate of drug-likeness (QED) is 0.398. The first-order valence-corrected chi connectivity index (χ1v) is 14.0. The highest BCUT2D eigenvalue weighted by molar-refractivity contribution is 5.83. The molecule has 0 atom stereocenters. The summed E-state index contributed by atoms with van der Waals surface area (Å²) in [6.07, 6.45) is -0.384. The molecule has 0 saturated carbocycles. The van der Waals surface area contributed by atoms with E-state index in [4.69, 9.17) is 10.5 Å². The summed E-state index contributed by atoms with van der Waals surface area (Å²) >= 11 is 0. The molecule has 9 nitrogen and oxygen atoms in total. The molecule has 41 heavy (non-hydrogen) atoms. The van der Waals surface area contributed by atoms with Crippen molar-refractivity contribution in [3.8, 4) is 0 Å². The van der Waals surface area contributed by atoms with Crippen molar-refractivity contribution in [3.63, 3.8) is 0 Å². The van der Waals surface area contributed by atoms with Gasteiger partial charge in [0.15, 0.2) is 0 Å². The van der Waals surface area contributed by atoms with Crippen molar-refractivity contribution in [2.24, 2.45) is 5.92 Å². The first kappa shape index (κ1) is 30.4. The average Bonchev–Trinajstić information content (AvgIpc) is 2.89. The Hall–Kier alpha value is -3.54. The third kappa shape index (κ3) is 8.72. The molecule has 2 amide bonds. The number of amides is 2. The first-order chi connectivity index (χ1) is 19.3. The van der Waals surface area contributed by atoms with Gasteiger partial charge in [-0.2, -0.15) is 13.2 Å². The van der Waals surface area contributed by atoms with Crippen molar-refractivity contribution < 1.29 is 27.5 Å². The standard InChI is InChI=1S/C29H39F3N6O3/c1-28(2,3)41-27(40)36-25-16-19(6-11-34-25)18-37-12-7-20(8-13-37)26(39)38-14-9-22(10-15-38)35-24-5-4-21(17-23(24)33)29(30,31)32/h4-6,11,16-17,20,22,35H,7-10,12-15,18,33H2,1-3H3,(H,34,36,40). The number of rotatable bonds is 6. The van der Waals surface area contributed by atoms with Gasteiger partial charge >= 0.3 is 12.3 Å². The van der Waals surface area contributed by atoms with E-state index in [1.165, 1.54) is 6.07 Å². The normalized spacial score (nSPS) is 17.8. The highest BCUT2D eigenvalue weighted by Crippen LogP contribution is 2.33. The smallest absolute Gasteiger partial charge is 0.416 e. The molecule has 1 aromatic heterocycles. The van der Waals surface area contributed by atoms with E-state index in [0.29, 0.717) is 44.0 Å². The number of nitrogens with one attached hydrogen (secondary N) is 2. The van der Waals surface area contributed by atoms with E-state index in [0.717, 1.165) is 43.6 Å². The lowest BCUT2D eigenvalue weighted by Gasteiger charge is -2.37. The summed E-state index contributed by atoms with van der Waals surface area (Å²) in [5, 5.41) is 5.92. The van der Waals surface area contributed by atoms with Gasteiger partial charge in [0.2, 0.25) is 5.91 Å². The van der Waals surface area contributed by atoms with Crippen molar-refractivity contribution in [2.75, 3.05) is 42.5 Å². The maximum Gasteiger partial charge on any atom is 0.416 e. The SMILES string of the molecule is CC(C)(C)OC(=O)Nc1cc(CN2CCC(C(=O)N3CCC(Nc4ccc(C(F)(F)F)cc4N)CC3)CC2)ccn1. The van der Waals surface area contributed by atoms with Crippen LogP contribution >= 0.6 is 0 Å². The number of carbonyl (C=O) groups is 2. The Morgan fingerprint density at radius 2 is 1.71 bits per heavy atom. The lowest BCUT2D eigenvalue weighted by atomic mass is 9.93. The van der Waals surface area contributed by atoms with Crippen LogP contribution in [0.4, 0.5) is 35.2 Å². The molecule has 3 heterocycles. The number of benzene rings is 1. The molecule has 1 aromatic carbocycles. The van der Waals surface area contributed by atoms with Gasteiger partial charge in [-0.1, -0.05) is 0 Å². The molecule has 2 saturated heterocycles. The Morgan fingerprint density at radius 1 is 1.02 bits per heavy atom. The number of hydrogen-bond donors (Lipinski definition) is 3. The summed E-state index contributed by atoms with van der Waals surface area (Å²) in [6, 6.07) is 7.12. The zero-order valence-electron chi connectivity index (χ0n) is 23.8. The van der Waals surface area contributed by atoms with Crippen molar-refractivity contribution >= 4 is 29.2 Å². The van der Waals surface area contributed by atoms with Crippen LogP contribution in [0.25, 0.3) is 0 Å². The van der Waals surface area contributed by atoms with E-state index in [1.807, 2.05) is 17.0 Å². The summed E-state index contributed by atoms with van der Waals surface area (Å²) in [5.74, 6) is 0.578. The number of carbonyl (C=O) groups excluding carboxylic acids is 2. The molecule has 12 heteroatoms. The fourth-order valence-electron chi connectivity index (χ4n) is 5.24. The third-order valence-electron chi connectivity index (χ3n) is 7.34. The second-order valence-electron chi connectivity index (χ2n) is 11.8. The van der Waals surface area contributed by atoms with E-state index < -0.39 is 23.4 Å². The molecular formula is C29H39F3N6O3. The van der Waals surface area contributed by atoms with Gasteiger partial charge in [0.1, 0.15) is 11.4 Å². The van der Waals surface area contributed by atoms with Crippen molar-refractivity contribution in [2.45, 2.75) is 70.8 Å². The fourth-order valence-corrected chi connectivity index (χ4v) is 5.24. The molecular weight excluding hydrogens is 537 g/mol. The summed E-state index contributed by atoms with van der Waals surface area (Å²) in [6.45, 7) is 8.87. The van der Waals surface area contributed by atoms with Gasteiger partial charge in [0, 0.05) is 37.8 Å². The number of ether oxygens (including phenoxy) is 1. The lowest BCUT2D eigenvalue weighted by Crippen LogP contribution is -2.47. The third-order valence-corrected chi connectivity index (χ3v) is 7.34. The summed E-state index contributed by atoms with van der Waals surface area (Å²) in [7, 11) is 0. The minimum atomic E-state index is -4.43. The number of nitrogen functional groups attached to an aromatic ring is 1. The number of pyridine rings is 1. The van der Waals surface area contributed by atoms with E-state index in [2.05, 4.69) is 20.5 Å². The fraction of sp³-hybridized carbons (Fsp3) is 0.552. The van der Waals surface area contributed by atoms with Gasteiger partial charge in [-0.25, -0.2) is 9.78 Å². The molecule has 0 bridgehead atoms. The maximum atomic E-state index is 13.2. The Balaban J connectivity index is 1.20. The van der Waals surface area contributed by atoms with Crippen LogP contribution in [0.15, 0.2) is 36.5 Å². The number of hydrogen-bond acceptors (Lipinski definition) is 7. The number of likely N-dealkylation sites (tertiary alicyclic amines) is 2. The number of halogens is 3. The van der Waals surface area contributed by atoms with E-state index in [-0.39, 0.29) is 23.6 Å². The minimum Gasteiger partial charge on any atom is -0.444 e. The minimum absolute atomic E-state index is 0.0249. The molecule has 0 radical (unpaired) electrons. The van der Waals surface area contributed by atoms with Crippen molar-refractivity contribution in [1.82, 2.24) is 14.8 Å². The van der Waals surface area contributed by atoms with Crippen LogP contribution in [0.2, 0.25) is 0 Å². The van der Waals surface area contributed by atoms with Crippen LogP contribution in [0.3, 0.4) is 0 Å². The highest BCUT2D eigenvalue weighted by Gasteiger charge is 2.32. The van der Waals surface area contributed by atoms with Gasteiger partial charge in [-0.3, -0.25) is 15.0 Å². The Morgan fingerprint density at radius 3 is 2.32 bits per heavy atom. The van der Waals surface area contributed by atoms with Gasteiger partial charge in [-0.15, -0.1) is 0 Å². The lowest BCUT2D eigenvalue weighted by molar-refractivity contribution is -0.138. The molecule has 0 unspecified atom stereocenters. The maximum absolute atomic E-state index is 13.2.